The zero-order valence-electron chi connectivity index (χ0n) is 17.4. The number of carbonyl (C=O) groups excluding carboxylic acids is 1. The SMILES string of the molecule is CCO[C@H]1[C@@H]2C[C@H]([C@@H](C)O)[C@@H]3N1CCc1c([nH]c4ccccc14)[C@]3(C(=O)OC)C2. The minimum atomic E-state index is -0.808. The molecule has 29 heavy (non-hydrogen) atoms. The molecular weight excluding hydrogens is 368 g/mol. The van der Waals surface area contributed by atoms with Gasteiger partial charge < -0.3 is 19.6 Å². The van der Waals surface area contributed by atoms with Crippen LogP contribution in [0.25, 0.3) is 10.9 Å². The molecule has 156 valence electrons. The van der Waals surface area contributed by atoms with E-state index < -0.39 is 11.5 Å². The Morgan fingerprint density at radius 2 is 2.21 bits per heavy atom. The van der Waals surface area contributed by atoms with Crippen molar-refractivity contribution in [2.45, 2.75) is 56.9 Å². The maximum atomic E-state index is 13.5. The lowest BCUT2D eigenvalue weighted by Crippen LogP contribution is -2.72. The monoisotopic (exact) mass is 398 g/mol. The highest BCUT2D eigenvalue weighted by Gasteiger charge is 2.66. The number of hydrogen-bond acceptors (Lipinski definition) is 5. The first-order chi connectivity index (χ1) is 14.0. The van der Waals surface area contributed by atoms with Crippen LogP contribution in [0.4, 0.5) is 0 Å². The van der Waals surface area contributed by atoms with E-state index >= 15 is 0 Å². The van der Waals surface area contributed by atoms with Crippen LogP contribution in [0.15, 0.2) is 24.3 Å². The number of ether oxygens (including phenoxy) is 2. The molecule has 1 unspecified atom stereocenters. The predicted molar refractivity (Wildman–Crippen MR) is 109 cm³/mol. The van der Waals surface area contributed by atoms with Gasteiger partial charge in [-0.15, -0.1) is 0 Å². The van der Waals surface area contributed by atoms with E-state index in [1.807, 2.05) is 26.0 Å². The Bertz CT molecular complexity index is 938. The van der Waals surface area contributed by atoms with Crippen LogP contribution in [0.5, 0.6) is 0 Å². The van der Waals surface area contributed by atoms with Gasteiger partial charge in [0.15, 0.2) is 0 Å². The molecule has 4 bridgehead atoms. The number of nitrogens with one attached hydrogen (secondary N) is 1. The molecule has 0 amide bonds. The van der Waals surface area contributed by atoms with Crippen molar-refractivity contribution in [2.24, 2.45) is 11.8 Å². The smallest absolute Gasteiger partial charge is 0.319 e. The second-order valence-corrected chi connectivity index (χ2v) is 8.87. The van der Waals surface area contributed by atoms with Crippen LogP contribution in [0.3, 0.4) is 0 Å². The summed E-state index contributed by atoms with van der Waals surface area (Å²) in [5.41, 5.74) is 2.45. The number of aromatic nitrogens is 1. The molecule has 2 aromatic rings. The maximum absolute atomic E-state index is 13.5. The van der Waals surface area contributed by atoms with Crippen molar-refractivity contribution in [2.75, 3.05) is 20.3 Å². The molecule has 4 heterocycles. The fraction of sp³-hybridized carbons (Fsp3) is 0.609. The van der Waals surface area contributed by atoms with Crippen molar-refractivity contribution in [3.05, 3.63) is 35.5 Å². The topological polar surface area (TPSA) is 74.8 Å². The highest BCUT2D eigenvalue weighted by molar-refractivity contribution is 5.91. The molecule has 3 fully saturated rings. The lowest BCUT2D eigenvalue weighted by Gasteiger charge is -2.61. The largest absolute Gasteiger partial charge is 0.468 e. The zero-order chi connectivity index (χ0) is 20.3. The number of rotatable bonds is 4. The van der Waals surface area contributed by atoms with E-state index in [0.29, 0.717) is 13.0 Å². The van der Waals surface area contributed by atoms with Crippen molar-refractivity contribution in [3.8, 4) is 0 Å². The van der Waals surface area contributed by atoms with Gasteiger partial charge in [0.25, 0.3) is 0 Å². The second kappa shape index (κ2) is 6.83. The molecule has 2 N–H and O–H groups in total. The molecule has 1 aliphatic carbocycles. The lowest BCUT2D eigenvalue weighted by molar-refractivity contribution is -0.220. The van der Waals surface area contributed by atoms with Gasteiger partial charge in [0, 0.05) is 47.6 Å². The molecule has 3 aliphatic heterocycles. The van der Waals surface area contributed by atoms with Gasteiger partial charge in [0.1, 0.15) is 11.6 Å². The Balaban J connectivity index is 1.77. The van der Waals surface area contributed by atoms with E-state index in [9.17, 15) is 9.90 Å². The van der Waals surface area contributed by atoms with Crippen LogP contribution >= 0.6 is 0 Å². The number of para-hydroxylation sites is 1. The quantitative estimate of drug-likeness (QED) is 0.775. The summed E-state index contributed by atoms with van der Waals surface area (Å²) in [5.74, 6) is -0.0227. The molecule has 2 saturated heterocycles. The number of aliphatic hydroxyl groups excluding tert-OH is 1. The van der Waals surface area contributed by atoms with Gasteiger partial charge in [-0.3, -0.25) is 9.69 Å². The summed E-state index contributed by atoms with van der Waals surface area (Å²) < 4.78 is 11.6. The van der Waals surface area contributed by atoms with Gasteiger partial charge in [0.05, 0.1) is 13.2 Å². The minimum Gasteiger partial charge on any atom is -0.468 e. The summed E-state index contributed by atoms with van der Waals surface area (Å²) in [7, 11) is 1.48. The number of nitrogens with zero attached hydrogens (tertiary/aromatic N) is 1. The van der Waals surface area contributed by atoms with Crippen molar-refractivity contribution in [1.82, 2.24) is 9.88 Å². The van der Waals surface area contributed by atoms with Gasteiger partial charge in [-0.2, -0.15) is 0 Å². The molecule has 0 radical (unpaired) electrons. The third kappa shape index (κ3) is 2.49. The van der Waals surface area contributed by atoms with Crippen LogP contribution in [0.1, 0.15) is 37.9 Å². The van der Waals surface area contributed by atoms with E-state index in [0.717, 1.165) is 30.6 Å². The number of carbonyl (C=O) groups is 1. The number of H-pyrrole nitrogens is 1. The molecular formula is C23H30N2O4. The van der Waals surface area contributed by atoms with Crippen molar-refractivity contribution < 1.29 is 19.4 Å². The fourth-order valence-corrected chi connectivity index (χ4v) is 6.59. The van der Waals surface area contributed by atoms with Crippen LogP contribution < -0.4 is 0 Å². The third-order valence-corrected chi connectivity index (χ3v) is 7.54. The second-order valence-electron chi connectivity index (χ2n) is 8.87. The third-order valence-electron chi connectivity index (χ3n) is 7.54. The van der Waals surface area contributed by atoms with Gasteiger partial charge >= 0.3 is 5.97 Å². The van der Waals surface area contributed by atoms with E-state index in [2.05, 4.69) is 22.0 Å². The number of piperidine rings is 2. The maximum Gasteiger partial charge on any atom is 0.319 e. The summed E-state index contributed by atoms with van der Waals surface area (Å²) in [4.78, 5) is 19.5. The molecule has 0 spiro atoms. The fourth-order valence-electron chi connectivity index (χ4n) is 6.59. The average molecular weight is 399 g/mol. The number of hydrogen-bond donors (Lipinski definition) is 2. The molecule has 6 rings (SSSR count). The highest BCUT2D eigenvalue weighted by atomic mass is 16.5. The van der Waals surface area contributed by atoms with Crippen LogP contribution in [-0.2, 0) is 26.1 Å². The van der Waals surface area contributed by atoms with Crippen LogP contribution in [-0.4, -0.2) is 59.6 Å². The minimum absolute atomic E-state index is 0.00178. The molecule has 1 aromatic carbocycles. The van der Waals surface area contributed by atoms with Gasteiger partial charge in [-0.05, 0) is 44.7 Å². The summed E-state index contributed by atoms with van der Waals surface area (Å²) >= 11 is 0. The summed E-state index contributed by atoms with van der Waals surface area (Å²) in [6, 6.07) is 8.12. The van der Waals surface area contributed by atoms with Crippen LogP contribution in [0.2, 0.25) is 0 Å². The van der Waals surface area contributed by atoms with Gasteiger partial charge in [-0.1, -0.05) is 18.2 Å². The first kappa shape index (κ1) is 19.1. The number of methoxy groups -OCH3 is 1. The molecule has 6 nitrogen and oxygen atoms in total. The number of aromatic amines is 1. The Hall–Kier alpha value is -1.89. The predicted octanol–water partition coefficient (Wildman–Crippen LogP) is 2.59. The van der Waals surface area contributed by atoms with E-state index in [1.54, 1.807) is 0 Å². The lowest BCUT2D eigenvalue weighted by atomic mass is 9.55. The van der Waals surface area contributed by atoms with E-state index in [-0.39, 0.29) is 30.1 Å². The van der Waals surface area contributed by atoms with E-state index in [1.165, 1.54) is 18.1 Å². The molecule has 1 saturated carbocycles. The Kier molecular flexibility index (Phi) is 4.49. The molecule has 7 atom stereocenters. The van der Waals surface area contributed by atoms with Crippen molar-refractivity contribution >= 4 is 16.9 Å². The molecule has 6 heteroatoms. The van der Waals surface area contributed by atoms with Gasteiger partial charge in [0.2, 0.25) is 0 Å². The summed E-state index contributed by atoms with van der Waals surface area (Å²) in [6.45, 7) is 5.33. The average Bonchev–Trinajstić information content (AvgIpc) is 3.06. The highest BCUT2D eigenvalue weighted by Crippen LogP contribution is 2.57. The number of fused-ring (bicyclic) bond motifs is 4. The zero-order valence-corrected chi connectivity index (χ0v) is 17.4. The first-order valence-corrected chi connectivity index (χ1v) is 10.8. The Morgan fingerprint density at radius 3 is 2.93 bits per heavy atom. The molecule has 1 aromatic heterocycles. The molecule has 4 aliphatic rings. The summed E-state index contributed by atoms with van der Waals surface area (Å²) in [6.07, 6.45) is 1.90. The standard InChI is InChI=1S/C23H30N2O4/c1-4-29-21-14-11-17(13(2)26)20-23(12-14,22(27)28-3)19-16(9-10-25(20)21)15-7-5-6-8-18(15)24-19/h5-8,13-14,17,20-21,24,26H,4,9-12H2,1-3H3/t13-,14-,17-,20+,21+,23-/m1/s1. The normalized spacial score (nSPS) is 36.5. The number of aliphatic hydroxyl groups is 1. The number of esters is 1. The van der Waals surface area contributed by atoms with Crippen molar-refractivity contribution in [3.63, 3.8) is 0 Å². The summed E-state index contributed by atoms with van der Waals surface area (Å²) in [5, 5.41) is 11.9. The Morgan fingerprint density at radius 1 is 1.41 bits per heavy atom. The first-order valence-electron chi connectivity index (χ1n) is 10.8. The Labute approximate surface area is 171 Å². The number of benzene rings is 1. The van der Waals surface area contributed by atoms with Crippen molar-refractivity contribution in [1.29, 1.82) is 0 Å². The van der Waals surface area contributed by atoms with E-state index in [4.69, 9.17) is 9.47 Å². The van der Waals surface area contributed by atoms with Crippen LogP contribution in [0, 0.1) is 11.8 Å². The van der Waals surface area contributed by atoms with Gasteiger partial charge in [-0.25, -0.2) is 0 Å².